The molecule has 2 saturated heterocycles. The van der Waals surface area contributed by atoms with Gasteiger partial charge in [-0.25, -0.2) is 9.78 Å². The largest absolute Gasteiger partial charge is 0.432 e. The lowest BCUT2D eigenvalue weighted by atomic mass is 9.57. The molecule has 2 aliphatic carbocycles. The van der Waals surface area contributed by atoms with Gasteiger partial charge in [-0.15, -0.1) is 0 Å². The zero-order chi connectivity index (χ0) is 24.7. The monoisotopic (exact) mass is 497 g/mol. The fourth-order valence-electron chi connectivity index (χ4n) is 5.92. The van der Waals surface area contributed by atoms with Gasteiger partial charge in [-0.2, -0.15) is 23.4 Å². The number of nitrogens with one attached hydrogen (secondary N) is 2. The topological polar surface area (TPSA) is 93.8 Å². The van der Waals surface area contributed by atoms with E-state index >= 15 is 0 Å². The Morgan fingerprint density at radius 3 is 2.31 bits per heavy atom. The minimum atomic E-state index is -4.44. The number of hydrogen-bond donors (Lipinski definition) is 2. The highest BCUT2D eigenvalue weighted by Crippen LogP contribution is 2.56. The second kappa shape index (κ2) is 7.57. The van der Waals surface area contributed by atoms with E-state index in [1.807, 2.05) is 27.0 Å². The van der Waals surface area contributed by atoms with E-state index in [2.05, 4.69) is 20.3 Å². The second-order valence-electron chi connectivity index (χ2n) is 11.0. The van der Waals surface area contributed by atoms with Gasteiger partial charge >= 0.3 is 12.2 Å². The molecule has 4 aliphatic rings. The Labute approximate surface area is 205 Å². The Balaban J connectivity index is 0.889. The molecule has 1 spiro atoms. The number of benzene rings is 1. The summed E-state index contributed by atoms with van der Waals surface area (Å²) in [4.78, 5) is 21.4. The molecule has 7 rings (SSSR count). The van der Waals surface area contributed by atoms with Crippen LogP contribution in [0.15, 0.2) is 30.3 Å². The van der Waals surface area contributed by atoms with Crippen molar-refractivity contribution in [3.63, 3.8) is 0 Å². The first kappa shape index (κ1) is 21.9. The average molecular weight is 498 g/mol. The minimum Gasteiger partial charge on any atom is -0.323 e. The first-order valence-corrected chi connectivity index (χ1v) is 12.5. The van der Waals surface area contributed by atoms with E-state index in [1.165, 1.54) is 12.8 Å². The van der Waals surface area contributed by atoms with Crippen LogP contribution in [0.3, 0.4) is 0 Å². The molecule has 2 aromatic heterocycles. The van der Waals surface area contributed by atoms with Gasteiger partial charge in [-0.3, -0.25) is 10.2 Å². The number of carbonyl (C=O) groups excluding carboxylic acids is 1. The van der Waals surface area contributed by atoms with Crippen molar-refractivity contribution in [2.45, 2.75) is 49.6 Å². The summed E-state index contributed by atoms with van der Waals surface area (Å²) in [5.41, 5.74) is 1.33. The maximum absolute atomic E-state index is 12.9. The number of aromatic amines is 2. The molecule has 2 saturated carbocycles. The number of hydrogen-bond acceptors (Lipinski definition) is 4. The van der Waals surface area contributed by atoms with Crippen molar-refractivity contribution < 1.29 is 18.0 Å². The van der Waals surface area contributed by atoms with E-state index in [-0.39, 0.29) is 23.1 Å². The average Bonchev–Trinajstić information content (AvgIpc) is 3.27. The summed E-state index contributed by atoms with van der Waals surface area (Å²) in [6, 6.07) is 8.50. The highest BCUT2D eigenvalue weighted by Gasteiger charge is 2.56. The molecule has 0 bridgehead atoms. The third-order valence-electron chi connectivity index (χ3n) is 8.24. The molecule has 2 aliphatic heterocycles. The van der Waals surface area contributed by atoms with Gasteiger partial charge in [0.15, 0.2) is 5.82 Å². The van der Waals surface area contributed by atoms with Crippen molar-refractivity contribution in [2.75, 3.05) is 26.2 Å². The van der Waals surface area contributed by atoms with Crippen LogP contribution in [0.1, 0.15) is 66.3 Å². The summed E-state index contributed by atoms with van der Waals surface area (Å²) < 4.78 is 38.4. The number of nitrogens with zero attached hydrogens (tertiary/aromatic N) is 5. The van der Waals surface area contributed by atoms with Gasteiger partial charge in [0, 0.05) is 54.9 Å². The summed E-state index contributed by atoms with van der Waals surface area (Å²) in [5.74, 6) is 3.21. The molecule has 0 atom stereocenters. The smallest absolute Gasteiger partial charge is 0.323 e. The Morgan fingerprint density at radius 1 is 0.944 bits per heavy atom. The van der Waals surface area contributed by atoms with E-state index in [9.17, 15) is 18.0 Å². The highest BCUT2D eigenvalue weighted by molar-refractivity contribution is 5.77. The Morgan fingerprint density at radius 2 is 1.67 bits per heavy atom. The van der Waals surface area contributed by atoms with Gasteiger partial charge in [-0.05, 0) is 37.3 Å². The van der Waals surface area contributed by atoms with Crippen LogP contribution in [0, 0.1) is 5.41 Å². The fourth-order valence-corrected chi connectivity index (χ4v) is 5.92. The van der Waals surface area contributed by atoms with E-state index < -0.39 is 11.9 Å². The van der Waals surface area contributed by atoms with E-state index in [4.69, 9.17) is 0 Å². The molecular weight excluding hydrogens is 471 g/mol. The van der Waals surface area contributed by atoms with Gasteiger partial charge < -0.3 is 9.80 Å². The molecule has 2 amide bonds. The SMILES string of the molecule is O=C(N1CC(c2ccc(-c3cc(C(F)(F)F)[nH]n3)cc2)C1)N1CC2(CC(c3n[nH]c(C4CC4)n3)C2)C1. The van der Waals surface area contributed by atoms with Crippen LogP contribution in [0.5, 0.6) is 0 Å². The van der Waals surface area contributed by atoms with Gasteiger partial charge in [-0.1, -0.05) is 24.3 Å². The summed E-state index contributed by atoms with van der Waals surface area (Å²) in [6.45, 7) is 2.93. The maximum Gasteiger partial charge on any atom is 0.432 e. The lowest BCUT2D eigenvalue weighted by Crippen LogP contribution is -2.67. The fraction of sp³-hybridized carbons (Fsp3) is 0.520. The van der Waals surface area contributed by atoms with Crippen molar-refractivity contribution >= 4 is 6.03 Å². The van der Waals surface area contributed by atoms with Crippen LogP contribution >= 0.6 is 0 Å². The minimum absolute atomic E-state index is 0.0991. The van der Waals surface area contributed by atoms with Gasteiger partial charge in [0.05, 0.1) is 5.69 Å². The molecule has 4 fully saturated rings. The third-order valence-corrected chi connectivity index (χ3v) is 8.24. The molecular formula is C25H26F3N7O. The van der Waals surface area contributed by atoms with Crippen LogP contribution < -0.4 is 0 Å². The summed E-state index contributed by atoms with van der Waals surface area (Å²) in [5, 5.41) is 13.3. The molecule has 11 heteroatoms. The van der Waals surface area contributed by atoms with Crippen LogP contribution in [-0.2, 0) is 6.18 Å². The van der Waals surface area contributed by atoms with Crippen molar-refractivity contribution in [1.82, 2.24) is 35.2 Å². The molecule has 1 aromatic carbocycles. The Kier molecular flexibility index (Phi) is 4.60. The van der Waals surface area contributed by atoms with Crippen molar-refractivity contribution in [1.29, 1.82) is 0 Å². The van der Waals surface area contributed by atoms with E-state index in [1.54, 1.807) is 12.1 Å². The van der Waals surface area contributed by atoms with Crippen LogP contribution in [0.25, 0.3) is 11.3 Å². The molecule has 3 aromatic rings. The van der Waals surface area contributed by atoms with Gasteiger partial charge in [0.25, 0.3) is 0 Å². The number of H-pyrrole nitrogens is 2. The third kappa shape index (κ3) is 3.67. The zero-order valence-electron chi connectivity index (χ0n) is 19.6. The summed E-state index contributed by atoms with van der Waals surface area (Å²) in [6.07, 6.45) is 0.0721. The van der Waals surface area contributed by atoms with Crippen LogP contribution in [0.2, 0.25) is 0 Å². The number of aromatic nitrogens is 5. The predicted molar refractivity (Wildman–Crippen MR) is 123 cm³/mol. The molecule has 0 radical (unpaired) electrons. The number of rotatable bonds is 4. The molecule has 2 N–H and O–H groups in total. The normalized spacial score (nSPS) is 21.9. The quantitative estimate of drug-likeness (QED) is 0.556. The van der Waals surface area contributed by atoms with Crippen molar-refractivity contribution in [3.05, 3.63) is 53.2 Å². The lowest BCUT2D eigenvalue weighted by Gasteiger charge is -2.59. The maximum atomic E-state index is 12.9. The van der Waals surface area contributed by atoms with Gasteiger partial charge in [0.1, 0.15) is 11.5 Å². The first-order chi connectivity index (χ1) is 17.3. The molecule has 188 valence electrons. The van der Waals surface area contributed by atoms with Crippen molar-refractivity contribution in [2.24, 2.45) is 5.41 Å². The number of carbonyl (C=O) groups is 1. The van der Waals surface area contributed by atoms with Crippen LogP contribution in [0.4, 0.5) is 18.0 Å². The van der Waals surface area contributed by atoms with Gasteiger partial charge in [0.2, 0.25) is 0 Å². The number of amides is 2. The van der Waals surface area contributed by atoms with E-state index in [0.29, 0.717) is 30.5 Å². The number of likely N-dealkylation sites (tertiary alicyclic amines) is 2. The molecule has 4 heterocycles. The number of halogens is 3. The molecule has 36 heavy (non-hydrogen) atoms. The predicted octanol–water partition coefficient (Wildman–Crippen LogP) is 4.49. The zero-order valence-corrected chi connectivity index (χ0v) is 19.6. The summed E-state index contributed by atoms with van der Waals surface area (Å²) >= 11 is 0. The standard InChI is InChI=1S/C25H26F3N7O/c26-25(27,28)20-7-19(30-31-20)15-3-1-14(2-4-15)18-10-34(11-18)23(36)35-12-24(13-35)8-17(9-24)22-29-21(32-33-22)16-5-6-16/h1-4,7,16-18H,5-6,8-13H2,(H,30,31)(H,29,32,33). The highest BCUT2D eigenvalue weighted by atomic mass is 19.4. The summed E-state index contributed by atoms with van der Waals surface area (Å²) in [7, 11) is 0. The number of alkyl halides is 3. The van der Waals surface area contributed by atoms with Crippen LogP contribution in [-0.4, -0.2) is 67.4 Å². The van der Waals surface area contributed by atoms with Crippen molar-refractivity contribution in [3.8, 4) is 11.3 Å². The van der Waals surface area contributed by atoms with E-state index in [0.717, 1.165) is 49.2 Å². The second-order valence-corrected chi connectivity index (χ2v) is 11.0. The Hall–Kier alpha value is -3.37. The molecule has 0 unspecified atom stereocenters. The molecule has 8 nitrogen and oxygen atoms in total. The Bertz CT molecular complexity index is 1290. The lowest BCUT2D eigenvalue weighted by molar-refractivity contribution is -0.141. The number of urea groups is 1. The first-order valence-electron chi connectivity index (χ1n) is 12.5.